The fraction of sp³-hybridized carbons (Fsp3) is 0.929. The molecule has 3 unspecified atom stereocenters. The SMILES string of the molecule is CCC1CCC(C#N)(C2(O)CCCNCC2)C1. The van der Waals surface area contributed by atoms with Crippen LogP contribution in [0.5, 0.6) is 0 Å². The molecular weight excluding hydrogens is 212 g/mol. The monoisotopic (exact) mass is 236 g/mol. The first-order valence-electron chi connectivity index (χ1n) is 7.00. The van der Waals surface area contributed by atoms with Gasteiger partial charge in [0, 0.05) is 0 Å². The Morgan fingerprint density at radius 3 is 2.82 bits per heavy atom. The maximum Gasteiger partial charge on any atom is 0.0863 e. The van der Waals surface area contributed by atoms with Crippen molar-refractivity contribution in [3.8, 4) is 6.07 Å². The molecule has 1 saturated heterocycles. The lowest BCUT2D eigenvalue weighted by Crippen LogP contribution is -2.46. The van der Waals surface area contributed by atoms with Crippen LogP contribution >= 0.6 is 0 Å². The van der Waals surface area contributed by atoms with Crippen molar-refractivity contribution >= 4 is 0 Å². The number of hydrogen-bond acceptors (Lipinski definition) is 3. The number of nitrogens with zero attached hydrogens (tertiary/aromatic N) is 1. The Hall–Kier alpha value is -0.590. The van der Waals surface area contributed by atoms with Crippen molar-refractivity contribution in [2.24, 2.45) is 11.3 Å². The summed E-state index contributed by atoms with van der Waals surface area (Å²) in [6, 6.07) is 2.50. The van der Waals surface area contributed by atoms with E-state index in [1.54, 1.807) is 0 Å². The fourth-order valence-corrected chi connectivity index (χ4v) is 3.65. The van der Waals surface area contributed by atoms with E-state index >= 15 is 0 Å². The highest BCUT2D eigenvalue weighted by Gasteiger charge is 2.53. The molecule has 2 rings (SSSR count). The third-order valence-corrected chi connectivity index (χ3v) is 4.96. The van der Waals surface area contributed by atoms with Gasteiger partial charge in [-0.1, -0.05) is 13.3 Å². The molecule has 0 spiro atoms. The van der Waals surface area contributed by atoms with Crippen molar-refractivity contribution in [3.05, 3.63) is 0 Å². The van der Waals surface area contributed by atoms with E-state index in [1.807, 2.05) is 0 Å². The maximum absolute atomic E-state index is 11.0. The molecule has 3 atom stereocenters. The maximum atomic E-state index is 11.0. The molecule has 17 heavy (non-hydrogen) atoms. The number of aliphatic hydroxyl groups is 1. The molecule has 1 aliphatic carbocycles. The van der Waals surface area contributed by atoms with Gasteiger partial charge in [-0.05, 0) is 57.5 Å². The van der Waals surface area contributed by atoms with Crippen LogP contribution in [0, 0.1) is 22.7 Å². The summed E-state index contributed by atoms with van der Waals surface area (Å²) in [6.45, 7) is 4.01. The van der Waals surface area contributed by atoms with E-state index in [4.69, 9.17) is 0 Å². The van der Waals surface area contributed by atoms with Crippen LogP contribution < -0.4 is 5.32 Å². The van der Waals surface area contributed by atoms with E-state index in [-0.39, 0.29) is 0 Å². The van der Waals surface area contributed by atoms with E-state index < -0.39 is 11.0 Å². The quantitative estimate of drug-likeness (QED) is 0.773. The molecular formula is C14H24N2O. The van der Waals surface area contributed by atoms with Gasteiger partial charge in [-0.15, -0.1) is 0 Å². The zero-order valence-corrected chi connectivity index (χ0v) is 10.8. The van der Waals surface area contributed by atoms with Gasteiger partial charge in [-0.3, -0.25) is 0 Å². The summed E-state index contributed by atoms with van der Waals surface area (Å²) in [6.07, 6.45) is 6.53. The minimum Gasteiger partial charge on any atom is -0.388 e. The number of nitrogens with one attached hydrogen (secondary N) is 1. The Morgan fingerprint density at radius 2 is 2.18 bits per heavy atom. The first kappa shape index (κ1) is 12.9. The standard InChI is InChI=1S/C14H24N2O/c1-2-12-4-6-13(10-12,11-15)14(17)5-3-8-16-9-7-14/h12,16-17H,2-10H2,1H3. The first-order chi connectivity index (χ1) is 8.16. The zero-order valence-electron chi connectivity index (χ0n) is 10.8. The van der Waals surface area contributed by atoms with Crippen molar-refractivity contribution < 1.29 is 5.11 Å². The molecule has 0 aromatic rings. The Bertz CT molecular complexity index is 302. The first-order valence-corrected chi connectivity index (χ1v) is 7.00. The van der Waals surface area contributed by atoms with Gasteiger partial charge < -0.3 is 10.4 Å². The second kappa shape index (κ2) is 4.96. The summed E-state index contributed by atoms with van der Waals surface area (Å²) < 4.78 is 0. The van der Waals surface area contributed by atoms with Crippen LogP contribution in [0.1, 0.15) is 51.9 Å². The molecule has 0 amide bonds. The minimum absolute atomic E-state index is 0.473. The van der Waals surface area contributed by atoms with Crippen LogP contribution in [0.25, 0.3) is 0 Å². The van der Waals surface area contributed by atoms with E-state index in [9.17, 15) is 10.4 Å². The Balaban J connectivity index is 2.19. The summed E-state index contributed by atoms with van der Waals surface area (Å²) in [5.74, 6) is 0.634. The number of rotatable bonds is 2. The normalized spacial score (nSPS) is 43.0. The Kier molecular flexibility index (Phi) is 3.75. The average molecular weight is 236 g/mol. The van der Waals surface area contributed by atoms with Crippen LogP contribution in [0.15, 0.2) is 0 Å². The molecule has 2 fully saturated rings. The molecule has 96 valence electrons. The summed E-state index contributed by atoms with van der Waals surface area (Å²) in [4.78, 5) is 0. The number of nitriles is 1. The summed E-state index contributed by atoms with van der Waals surface area (Å²) in [7, 11) is 0. The molecule has 1 aliphatic heterocycles. The minimum atomic E-state index is -0.755. The fourth-order valence-electron chi connectivity index (χ4n) is 3.65. The van der Waals surface area contributed by atoms with E-state index in [2.05, 4.69) is 18.3 Å². The van der Waals surface area contributed by atoms with Crippen molar-refractivity contribution in [2.45, 2.75) is 57.5 Å². The molecule has 3 nitrogen and oxygen atoms in total. The van der Waals surface area contributed by atoms with E-state index in [0.717, 1.165) is 58.0 Å². The van der Waals surface area contributed by atoms with Gasteiger partial charge in [0.05, 0.1) is 17.1 Å². The molecule has 0 aromatic carbocycles. The Morgan fingerprint density at radius 1 is 1.35 bits per heavy atom. The van der Waals surface area contributed by atoms with Gasteiger partial charge in [0.1, 0.15) is 0 Å². The van der Waals surface area contributed by atoms with Crippen LogP contribution in [0.3, 0.4) is 0 Å². The van der Waals surface area contributed by atoms with Gasteiger partial charge in [0.2, 0.25) is 0 Å². The molecule has 1 saturated carbocycles. The summed E-state index contributed by atoms with van der Waals surface area (Å²) in [5, 5.41) is 23.9. The smallest absolute Gasteiger partial charge is 0.0863 e. The van der Waals surface area contributed by atoms with Crippen molar-refractivity contribution in [2.75, 3.05) is 13.1 Å². The molecule has 1 heterocycles. The molecule has 2 aliphatic rings. The lowest BCUT2D eigenvalue weighted by molar-refractivity contribution is -0.0640. The molecule has 0 radical (unpaired) electrons. The lowest BCUT2D eigenvalue weighted by atomic mass is 9.67. The molecule has 0 aromatic heterocycles. The van der Waals surface area contributed by atoms with E-state index in [1.165, 1.54) is 0 Å². The predicted molar refractivity (Wildman–Crippen MR) is 67.3 cm³/mol. The summed E-state index contributed by atoms with van der Waals surface area (Å²) >= 11 is 0. The lowest BCUT2D eigenvalue weighted by Gasteiger charge is -2.40. The number of hydrogen-bond donors (Lipinski definition) is 2. The zero-order chi connectivity index (χ0) is 12.4. The van der Waals surface area contributed by atoms with Crippen LogP contribution in [0.4, 0.5) is 0 Å². The highest BCUT2D eigenvalue weighted by atomic mass is 16.3. The topological polar surface area (TPSA) is 56.0 Å². The summed E-state index contributed by atoms with van der Waals surface area (Å²) in [5.41, 5.74) is -1.23. The van der Waals surface area contributed by atoms with Crippen LogP contribution in [0.2, 0.25) is 0 Å². The predicted octanol–water partition coefficient (Wildman–Crippen LogP) is 2.21. The van der Waals surface area contributed by atoms with Gasteiger partial charge in [-0.2, -0.15) is 5.26 Å². The van der Waals surface area contributed by atoms with Gasteiger partial charge >= 0.3 is 0 Å². The van der Waals surface area contributed by atoms with Crippen LogP contribution in [-0.4, -0.2) is 23.8 Å². The second-order valence-electron chi connectivity index (χ2n) is 5.85. The molecule has 0 bridgehead atoms. The third-order valence-electron chi connectivity index (χ3n) is 4.96. The second-order valence-corrected chi connectivity index (χ2v) is 5.85. The third kappa shape index (κ3) is 2.21. The van der Waals surface area contributed by atoms with Crippen LogP contribution in [-0.2, 0) is 0 Å². The van der Waals surface area contributed by atoms with E-state index in [0.29, 0.717) is 5.92 Å². The Labute approximate surface area is 104 Å². The molecule has 2 N–H and O–H groups in total. The van der Waals surface area contributed by atoms with Gasteiger partial charge in [0.25, 0.3) is 0 Å². The molecule has 3 heteroatoms. The van der Waals surface area contributed by atoms with Gasteiger partial charge in [-0.25, -0.2) is 0 Å². The van der Waals surface area contributed by atoms with Crippen molar-refractivity contribution in [1.29, 1.82) is 5.26 Å². The highest BCUT2D eigenvalue weighted by molar-refractivity contribution is 5.15. The van der Waals surface area contributed by atoms with Crippen molar-refractivity contribution in [1.82, 2.24) is 5.32 Å². The van der Waals surface area contributed by atoms with Crippen molar-refractivity contribution in [3.63, 3.8) is 0 Å². The average Bonchev–Trinajstić information content (AvgIpc) is 2.67. The highest BCUT2D eigenvalue weighted by Crippen LogP contribution is 2.52. The van der Waals surface area contributed by atoms with Gasteiger partial charge in [0.15, 0.2) is 0 Å². The largest absolute Gasteiger partial charge is 0.388 e.